The highest BCUT2D eigenvalue weighted by Crippen LogP contribution is 2.47. The summed E-state index contributed by atoms with van der Waals surface area (Å²) < 4.78 is 0. The number of amides is 1. The molecule has 0 bridgehead atoms. The summed E-state index contributed by atoms with van der Waals surface area (Å²) in [5.41, 5.74) is 12.3. The molecule has 0 aromatic carbocycles. The second kappa shape index (κ2) is 10.3. The van der Waals surface area contributed by atoms with Crippen molar-refractivity contribution in [2.24, 2.45) is 41.1 Å². The largest absolute Gasteiger partial charge is 0.352 e. The molecule has 1 saturated heterocycles. The first kappa shape index (κ1) is 23.1. The Balaban J connectivity index is 1.31. The van der Waals surface area contributed by atoms with Crippen LogP contribution in [0, 0.1) is 29.6 Å². The Hall–Kier alpha value is -0.650. The monoisotopic (exact) mass is 444 g/mol. The van der Waals surface area contributed by atoms with Crippen LogP contribution in [0.3, 0.4) is 0 Å². The molecule has 0 aromatic heterocycles. The highest BCUT2D eigenvalue weighted by molar-refractivity contribution is 5.82. The van der Waals surface area contributed by atoms with E-state index in [4.69, 9.17) is 11.5 Å². The third-order valence-electron chi connectivity index (χ3n) is 10.3. The van der Waals surface area contributed by atoms with Crippen molar-refractivity contribution >= 4 is 5.91 Å². The van der Waals surface area contributed by atoms with E-state index in [0.29, 0.717) is 23.8 Å². The Morgan fingerprint density at radius 2 is 1.66 bits per heavy atom. The molecule has 5 rings (SSSR count). The van der Waals surface area contributed by atoms with E-state index in [1.165, 1.54) is 64.2 Å². The highest BCUT2D eigenvalue weighted by Gasteiger charge is 2.48. The number of hydrogen-bond donors (Lipinski definition) is 3. The fourth-order valence-electron chi connectivity index (χ4n) is 8.59. The molecule has 4 aliphatic carbocycles. The number of likely N-dealkylation sites (tertiary alicyclic amines) is 1. The molecule has 1 amide bonds. The zero-order valence-electron chi connectivity index (χ0n) is 20.2. The minimum absolute atomic E-state index is 0.0728. The van der Waals surface area contributed by atoms with Crippen molar-refractivity contribution in [2.75, 3.05) is 13.1 Å². The van der Waals surface area contributed by atoms with Crippen molar-refractivity contribution in [1.82, 2.24) is 10.2 Å². The maximum Gasteiger partial charge on any atom is 0.237 e. The van der Waals surface area contributed by atoms with E-state index in [9.17, 15) is 4.79 Å². The first-order valence-corrected chi connectivity index (χ1v) is 14.1. The second-order valence-corrected chi connectivity index (χ2v) is 12.2. The van der Waals surface area contributed by atoms with E-state index in [0.717, 1.165) is 62.9 Å². The van der Waals surface area contributed by atoms with Crippen LogP contribution in [0.25, 0.3) is 0 Å². The van der Waals surface area contributed by atoms with Gasteiger partial charge in [-0.1, -0.05) is 32.1 Å². The molecule has 4 saturated carbocycles. The molecule has 1 heterocycles. The lowest BCUT2D eigenvalue weighted by Crippen LogP contribution is -2.53. The smallest absolute Gasteiger partial charge is 0.237 e. The number of carbonyl (C=O) groups excluding carboxylic acids is 1. The number of carbonyl (C=O) groups is 1. The molecular weight excluding hydrogens is 396 g/mol. The summed E-state index contributed by atoms with van der Waals surface area (Å²) in [6, 6.07) is 1.19. The summed E-state index contributed by atoms with van der Waals surface area (Å²) in [5.74, 6) is 4.30. The number of nitrogens with one attached hydrogen (secondary N) is 1. The molecule has 5 nitrogen and oxygen atoms in total. The van der Waals surface area contributed by atoms with Crippen molar-refractivity contribution in [3.8, 4) is 0 Å². The molecule has 5 heteroatoms. The predicted molar refractivity (Wildman–Crippen MR) is 130 cm³/mol. The van der Waals surface area contributed by atoms with E-state index < -0.39 is 0 Å². The standard InChI is InChI=1S/C27H48N4O/c28-16-18-11-12-20-14-26(27(32)30-23-9-4-8-22(29)15-23)31(25(20)13-18)17-21-7-3-6-19-5-1-2-10-24(19)21/h18-26H,1-17,28-29H2,(H,30,32). The van der Waals surface area contributed by atoms with Crippen LogP contribution < -0.4 is 16.8 Å². The lowest BCUT2D eigenvalue weighted by molar-refractivity contribution is -0.127. The Labute approximate surface area is 195 Å². The van der Waals surface area contributed by atoms with Gasteiger partial charge < -0.3 is 16.8 Å². The van der Waals surface area contributed by atoms with Crippen molar-refractivity contribution in [1.29, 1.82) is 0 Å². The summed E-state index contributed by atoms with van der Waals surface area (Å²) in [4.78, 5) is 16.3. The average molecular weight is 445 g/mol. The first-order chi connectivity index (χ1) is 15.6. The van der Waals surface area contributed by atoms with Crippen LogP contribution in [-0.4, -0.2) is 48.1 Å². The number of nitrogens with two attached hydrogens (primary N) is 2. The Morgan fingerprint density at radius 1 is 0.844 bits per heavy atom. The molecule has 5 aliphatic rings. The van der Waals surface area contributed by atoms with Gasteiger partial charge in [0.2, 0.25) is 5.91 Å². The molecule has 5 N–H and O–H groups in total. The van der Waals surface area contributed by atoms with Crippen LogP contribution in [0.4, 0.5) is 0 Å². The van der Waals surface area contributed by atoms with Gasteiger partial charge in [0.05, 0.1) is 6.04 Å². The third-order valence-corrected chi connectivity index (χ3v) is 10.3. The van der Waals surface area contributed by atoms with Crippen LogP contribution in [0.5, 0.6) is 0 Å². The number of rotatable bonds is 5. The van der Waals surface area contributed by atoms with Gasteiger partial charge in [0, 0.05) is 24.7 Å². The molecule has 182 valence electrons. The van der Waals surface area contributed by atoms with E-state index in [1.54, 1.807) is 0 Å². The van der Waals surface area contributed by atoms with Crippen LogP contribution in [0.15, 0.2) is 0 Å². The predicted octanol–water partition coefficient (Wildman–Crippen LogP) is 3.80. The topological polar surface area (TPSA) is 84.4 Å². The molecule has 9 unspecified atom stereocenters. The van der Waals surface area contributed by atoms with Gasteiger partial charge in [-0.2, -0.15) is 0 Å². The minimum atomic E-state index is 0.0728. The van der Waals surface area contributed by atoms with Gasteiger partial charge in [-0.25, -0.2) is 0 Å². The number of fused-ring (bicyclic) bond motifs is 2. The van der Waals surface area contributed by atoms with Gasteiger partial charge in [-0.05, 0) is 100 Å². The molecular formula is C27H48N4O. The third kappa shape index (κ3) is 4.90. The SMILES string of the molecule is NCC1CCC2CC(C(=O)NC3CCCC(N)C3)N(CC3CCCC4CCCCC43)C2C1. The first-order valence-electron chi connectivity index (χ1n) is 14.1. The molecule has 9 atom stereocenters. The van der Waals surface area contributed by atoms with Gasteiger partial charge in [-0.15, -0.1) is 0 Å². The van der Waals surface area contributed by atoms with Gasteiger partial charge in [0.25, 0.3) is 0 Å². The summed E-state index contributed by atoms with van der Waals surface area (Å²) in [6.07, 6.45) is 19.1. The van der Waals surface area contributed by atoms with E-state index in [-0.39, 0.29) is 18.1 Å². The molecule has 0 spiro atoms. The second-order valence-electron chi connectivity index (χ2n) is 12.2. The highest BCUT2D eigenvalue weighted by atomic mass is 16.2. The summed E-state index contributed by atoms with van der Waals surface area (Å²) in [7, 11) is 0. The van der Waals surface area contributed by atoms with Crippen LogP contribution in [0.1, 0.15) is 96.3 Å². The fourth-order valence-corrected chi connectivity index (χ4v) is 8.59. The number of hydrogen-bond acceptors (Lipinski definition) is 4. The Bertz CT molecular complexity index is 639. The Morgan fingerprint density at radius 3 is 2.50 bits per heavy atom. The molecule has 1 aliphatic heterocycles. The minimum Gasteiger partial charge on any atom is -0.352 e. The fraction of sp³-hybridized carbons (Fsp3) is 0.963. The van der Waals surface area contributed by atoms with Crippen molar-refractivity contribution in [2.45, 2.75) is 120 Å². The van der Waals surface area contributed by atoms with Crippen LogP contribution >= 0.6 is 0 Å². The average Bonchev–Trinajstić information content (AvgIpc) is 3.17. The molecule has 5 fully saturated rings. The van der Waals surface area contributed by atoms with Crippen LogP contribution in [-0.2, 0) is 4.79 Å². The Kier molecular flexibility index (Phi) is 7.45. The van der Waals surface area contributed by atoms with E-state index in [1.807, 2.05) is 0 Å². The van der Waals surface area contributed by atoms with Crippen LogP contribution in [0.2, 0.25) is 0 Å². The van der Waals surface area contributed by atoms with E-state index >= 15 is 0 Å². The quantitative estimate of drug-likeness (QED) is 0.602. The van der Waals surface area contributed by atoms with Gasteiger partial charge >= 0.3 is 0 Å². The van der Waals surface area contributed by atoms with Crippen molar-refractivity contribution in [3.63, 3.8) is 0 Å². The molecule has 32 heavy (non-hydrogen) atoms. The summed E-state index contributed by atoms with van der Waals surface area (Å²) >= 11 is 0. The van der Waals surface area contributed by atoms with Crippen molar-refractivity contribution < 1.29 is 4.79 Å². The van der Waals surface area contributed by atoms with Crippen molar-refractivity contribution in [3.05, 3.63) is 0 Å². The van der Waals surface area contributed by atoms with Gasteiger partial charge in [0.15, 0.2) is 0 Å². The lowest BCUT2D eigenvalue weighted by Gasteiger charge is -2.45. The maximum atomic E-state index is 13.6. The van der Waals surface area contributed by atoms with E-state index in [2.05, 4.69) is 10.2 Å². The normalized spacial score (nSPS) is 45.1. The molecule has 0 aromatic rings. The maximum absolute atomic E-state index is 13.6. The zero-order chi connectivity index (χ0) is 22.1. The van der Waals surface area contributed by atoms with Gasteiger partial charge in [-0.3, -0.25) is 9.69 Å². The lowest BCUT2D eigenvalue weighted by atomic mass is 9.65. The zero-order valence-corrected chi connectivity index (χ0v) is 20.2. The van der Waals surface area contributed by atoms with Gasteiger partial charge in [0.1, 0.15) is 0 Å². The number of nitrogens with zero attached hydrogens (tertiary/aromatic N) is 1. The summed E-state index contributed by atoms with van der Waals surface area (Å²) in [5, 5.41) is 3.46. The summed E-state index contributed by atoms with van der Waals surface area (Å²) in [6.45, 7) is 1.96. The molecule has 0 radical (unpaired) electrons.